The number of hydrogen-bond acceptors (Lipinski definition) is 2. The first-order valence-electron chi connectivity index (χ1n) is 15.9. The van der Waals surface area contributed by atoms with E-state index in [2.05, 4.69) is 157 Å². The van der Waals surface area contributed by atoms with Crippen LogP contribution in [-0.4, -0.2) is 15.6 Å². The lowest BCUT2D eigenvalue weighted by Gasteiger charge is -2.26. The van der Waals surface area contributed by atoms with Crippen LogP contribution in [0, 0.1) is 0 Å². The summed E-state index contributed by atoms with van der Waals surface area (Å²) in [7, 11) is 0. The lowest BCUT2D eigenvalue weighted by molar-refractivity contribution is 0.504. The molecule has 0 bridgehead atoms. The second-order valence-electron chi connectivity index (χ2n) is 12.5. The van der Waals surface area contributed by atoms with Crippen LogP contribution in [0.1, 0.15) is 18.9 Å². The quantitative estimate of drug-likeness (QED) is 0.188. The molecule has 0 aliphatic carbocycles. The number of aromatic nitrogens is 2. The van der Waals surface area contributed by atoms with Gasteiger partial charge in [-0.1, -0.05) is 109 Å². The number of hydrogen-bond donors (Lipinski definition) is 0. The van der Waals surface area contributed by atoms with Gasteiger partial charge < -0.3 is 0 Å². The highest BCUT2D eigenvalue weighted by molar-refractivity contribution is 6.15. The second kappa shape index (κ2) is 10.4. The molecule has 8 aromatic rings. The minimum atomic E-state index is -0.212. The Balaban J connectivity index is 1.22. The molecule has 3 heteroatoms. The first-order valence-corrected chi connectivity index (χ1v) is 15.9. The Morgan fingerprint density at radius 3 is 1.89 bits per heavy atom. The van der Waals surface area contributed by atoms with E-state index in [1.54, 1.807) is 0 Å². The van der Waals surface area contributed by atoms with Gasteiger partial charge in [0.15, 0.2) is 0 Å². The standard InChI is InChI=1S/C43H31N3/c1-43(25-7-8-26-44-43)35-21-17-32(18-22-35)34-20-24-40-38(28-34)37-27-33(31-15-13-30(14-16-31)29-9-3-2-4-10-29)19-23-36(37)42-45-39-11-5-6-12-41(39)46(40)42/h2-24,26-28H,25H2,1H3. The van der Waals surface area contributed by atoms with Crippen molar-refractivity contribution < 1.29 is 0 Å². The van der Waals surface area contributed by atoms with Crippen molar-refractivity contribution in [3.8, 4) is 33.4 Å². The molecule has 0 fully saturated rings. The highest BCUT2D eigenvalue weighted by Gasteiger charge is 2.25. The van der Waals surface area contributed by atoms with Crippen molar-refractivity contribution in [1.82, 2.24) is 9.38 Å². The highest BCUT2D eigenvalue weighted by Crippen LogP contribution is 2.38. The molecule has 0 spiro atoms. The van der Waals surface area contributed by atoms with Crippen molar-refractivity contribution in [2.24, 2.45) is 4.99 Å². The smallest absolute Gasteiger partial charge is 0.146 e. The summed E-state index contributed by atoms with van der Waals surface area (Å²) in [4.78, 5) is 9.92. The summed E-state index contributed by atoms with van der Waals surface area (Å²) in [5.41, 5.74) is 12.5. The number of para-hydroxylation sites is 2. The molecule has 6 aromatic carbocycles. The lowest BCUT2D eigenvalue weighted by Crippen LogP contribution is -2.20. The van der Waals surface area contributed by atoms with E-state index in [1.807, 2.05) is 12.3 Å². The SMILES string of the molecule is CC1(c2ccc(-c3ccc4c(c3)c3cc(-c5ccc(-c6ccccc6)cc5)ccc3c3nc5ccccc5n43)cc2)CC=CC=N1. The van der Waals surface area contributed by atoms with Crippen LogP contribution in [0.5, 0.6) is 0 Å². The zero-order valence-electron chi connectivity index (χ0n) is 25.6. The third-order valence-electron chi connectivity index (χ3n) is 9.61. The van der Waals surface area contributed by atoms with Crippen molar-refractivity contribution >= 4 is 44.6 Å². The number of fused-ring (bicyclic) bond motifs is 8. The van der Waals surface area contributed by atoms with E-state index >= 15 is 0 Å². The fourth-order valence-electron chi connectivity index (χ4n) is 7.04. The Morgan fingerprint density at radius 2 is 1.15 bits per heavy atom. The van der Waals surface area contributed by atoms with Gasteiger partial charge in [0.2, 0.25) is 0 Å². The zero-order chi connectivity index (χ0) is 30.7. The maximum Gasteiger partial charge on any atom is 0.146 e. The average molecular weight is 590 g/mol. The van der Waals surface area contributed by atoms with E-state index in [-0.39, 0.29) is 5.54 Å². The van der Waals surface area contributed by atoms with Crippen LogP contribution in [0.25, 0.3) is 71.7 Å². The molecule has 0 N–H and O–H groups in total. The monoisotopic (exact) mass is 589 g/mol. The number of nitrogens with zero attached hydrogens (tertiary/aromatic N) is 3. The highest BCUT2D eigenvalue weighted by atomic mass is 15.0. The van der Waals surface area contributed by atoms with Gasteiger partial charge in [0.05, 0.1) is 22.1 Å². The molecular weight excluding hydrogens is 558 g/mol. The van der Waals surface area contributed by atoms with Crippen LogP contribution in [0.4, 0.5) is 0 Å². The maximum atomic E-state index is 5.13. The van der Waals surface area contributed by atoms with Gasteiger partial charge in [-0.15, -0.1) is 0 Å². The number of aliphatic imine (C=N–C) groups is 1. The van der Waals surface area contributed by atoms with E-state index < -0.39 is 0 Å². The molecule has 9 rings (SSSR count). The number of imidazole rings is 1. The summed E-state index contributed by atoms with van der Waals surface area (Å²) in [6.45, 7) is 2.21. The molecule has 1 aliphatic heterocycles. The molecule has 0 saturated carbocycles. The summed E-state index contributed by atoms with van der Waals surface area (Å²) < 4.78 is 2.32. The first kappa shape index (κ1) is 26.6. The van der Waals surface area contributed by atoms with Crippen LogP contribution in [0.2, 0.25) is 0 Å². The van der Waals surface area contributed by atoms with Crippen LogP contribution >= 0.6 is 0 Å². The number of rotatable bonds is 4. The van der Waals surface area contributed by atoms with Crippen LogP contribution in [-0.2, 0) is 5.54 Å². The van der Waals surface area contributed by atoms with E-state index in [1.165, 1.54) is 49.7 Å². The molecule has 46 heavy (non-hydrogen) atoms. The van der Waals surface area contributed by atoms with E-state index in [0.29, 0.717) is 0 Å². The van der Waals surface area contributed by atoms with Gasteiger partial charge in [-0.25, -0.2) is 4.98 Å². The summed E-state index contributed by atoms with van der Waals surface area (Å²) in [6, 6.07) is 50.5. The van der Waals surface area contributed by atoms with E-state index in [9.17, 15) is 0 Å². The van der Waals surface area contributed by atoms with Gasteiger partial charge in [0, 0.05) is 17.0 Å². The Kier molecular flexibility index (Phi) is 6.01. The molecule has 218 valence electrons. The van der Waals surface area contributed by atoms with E-state index in [4.69, 9.17) is 9.98 Å². The normalized spacial score (nSPS) is 16.2. The van der Waals surface area contributed by atoms with Crippen molar-refractivity contribution in [3.05, 3.63) is 157 Å². The fraction of sp³-hybridized carbons (Fsp3) is 0.0698. The maximum absolute atomic E-state index is 5.13. The largest absolute Gasteiger partial charge is 0.292 e. The Labute approximate surface area is 267 Å². The minimum absolute atomic E-state index is 0.212. The molecule has 0 amide bonds. The summed E-state index contributed by atoms with van der Waals surface area (Å²) in [6.07, 6.45) is 7.05. The van der Waals surface area contributed by atoms with Gasteiger partial charge in [0.1, 0.15) is 5.65 Å². The van der Waals surface area contributed by atoms with Crippen molar-refractivity contribution in [1.29, 1.82) is 0 Å². The number of dihydropyridines is 1. The predicted molar refractivity (Wildman–Crippen MR) is 194 cm³/mol. The lowest BCUT2D eigenvalue weighted by atomic mass is 9.87. The molecule has 3 heterocycles. The van der Waals surface area contributed by atoms with Crippen LogP contribution in [0.3, 0.4) is 0 Å². The number of pyridine rings is 1. The van der Waals surface area contributed by atoms with Crippen molar-refractivity contribution in [3.63, 3.8) is 0 Å². The molecule has 0 radical (unpaired) electrons. The third kappa shape index (κ3) is 4.28. The third-order valence-corrected chi connectivity index (χ3v) is 9.61. The Hall–Kier alpha value is -5.80. The van der Waals surface area contributed by atoms with Crippen molar-refractivity contribution in [2.45, 2.75) is 18.9 Å². The predicted octanol–water partition coefficient (Wildman–Crippen LogP) is 11.0. The number of allylic oxidation sites excluding steroid dienone is 1. The summed E-state index contributed by atoms with van der Waals surface area (Å²) in [5, 5.41) is 3.57. The molecular formula is C43H31N3. The minimum Gasteiger partial charge on any atom is -0.292 e. The molecule has 3 nitrogen and oxygen atoms in total. The first-order chi connectivity index (χ1) is 22.6. The zero-order valence-corrected chi connectivity index (χ0v) is 25.6. The van der Waals surface area contributed by atoms with Gasteiger partial charge in [0.25, 0.3) is 0 Å². The molecule has 1 unspecified atom stereocenters. The summed E-state index contributed by atoms with van der Waals surface area (Å²) >= 11 is 0. The van der Waals surface area contributed by atoms with Crippen molar-refractivity contribution in [2.75, 3.05) is 0 Å². The van der Waals surface area contributed by atoms with Crippen LogP contribution < -0.4 is 0 Å². The van der Waals surface area contributed by atoms with E-state index in [0.717, 1.165) is 34.0 Å². The van der Waals surface area contributed by atoms with Gasteiger partial charge >= 0.3 is 0 Å². The second-order valence-corrected chi connectivity index (χ2v) is 12.5. The molecule has 2 aromatic heterocycles. The van der Waals surface area contributed by atoms with Crippen LogP contribution in [0.15, 0.2) is 157 Å². The fourth-order valence-corrected chi connectivity index (χ4v) is 7.04. The topological polar surface area (TPSA) is 29.7 Å². The molecule has 1 atom stereocenters. The van der Waals surface area contributed by atoms with Gasteiger partial charge in [-0.3, -0.25) is 9.39 Å². The molecule has 1 aliphatic rings. The van der Waals surface area contributed by atoms with Gasteiger partial charge in [-0.2, -0.15) is 0 Å². The average Bonchev–Trinajstić information content (AvgIpc) is 3.52. The van der Waals surface area contributed by atoms with Gasteiger partial charge in [-0.05, 0) is 100 Å². The summed E-state index contributed by atoms with van der Waals surface area (Å²) in [5.74, 6) is 0. The molecule has 0 saturated heterocycles. The Morgan fingerprint density at radius 1 is 0.543 bits per heavy atom. The Bertz CT molecular complexity index is 2480. The number of benzene rings is 6.